The van der Waals surface area contributed by atoms with Crippen molar-refractivity contribution >= 4 is 29.2 Å². The van der Waals surface area contributed by atoms with E-state index in [1.54, 1.807) is 0 Å². The van der Waals surface area contributed by atoms with Crippen molar-refractivity contribution in [2.75, 3.05) is 5.32 Å². The van der Waals surface area contributed by atoms with E-state index in [2.05, 4.69) is 5.32 Å². The summed E-state index contributed by atoms with van der Waals surface area (Å²) in [6, 6.07) is 4.13. The molecule has 2 unspecified atom stereocenters. The van der Waals surface area contributed by atoms with Crippen molar-refractivity contribution in [2.45, 2.75) is 38.1 Å². The fourth-order valence-corrected chi connectivity index (χ4v) is 2.92. The molecule has 114 valence electrons. The fraction of sp³-hybridized carbons (Fsp3) is 0.467. The molecule has 5 nitrogen and oxygen atoms in total. The summed E-state index contributed by atoms with van der Waals surface area (Å²) < 4.78 is 0. The number of halogens is 1. The van der Waals surface area contributed by atoms with Crippen LogP contribution in [0.4, 0.5) is 5.69 Å². The van der Waals surface area contributed by atoms with Gasteiger partial charge in [0, 0.05) is 16.8 Å². The number of hydrogen-bond acceptors (Lipinski definition) is 3. The van der Waals surface area contributed by atoms with Crippen molar-refractivity contribution in [3.8, 4) is 0 Å². The number of carboxylic acid groups (broad SMARTS) is 1. The third-order valence-corrected chi connectivity index (χ3v) is 4.04. The summed E-state index contributed by atoms with van der Waals surface area (Å²) >= 11 is 5.88. The van der Waals surface area contributed by atoms with Crippen LogP contribution in [0.25, 0.3) is 0 Å². The summed E-state index contributed by atoms with van der Waals surface area (Å²) in [6.45, 7) is 0. The fourth-order valence-electron chi connectivity index (χ4n) is 2.68. The smallest absolute Gasteiger partial charge is 0.335 e. The quantitative estimate of drug-likeness (QED) is 0.748. The highest BCUT2D eigenvalue weighted by Crippen LogP contribution is 2.25. The van der Waals surface area contributed by atoms with E-state index in [-0.39, 0.29) is 28.5 Å². The minimum atomic E-state index is -1.08. The Bertz CT molecular complexity index is 548. The zero-order valence-electron chi connectivity index (χ0n) is 11.6. The number of aromatic carboxylic acids is 1. The Balaban J connectivity index is 2.13. The van der Waals surface area contributed by atoms with Crippen LogP contribution in [0.5, 0.6) is 0 Å². The molecule has 21 heavy (non-hydrogen) atoms. The van der Waals surface area contributed by atoms with E-state index >= 15 is 0 Å². The molecule has 1 aromatic carbocycles. The first kappa shape index (κ1) is 15.8. The van der Waals surface area contributed by atoms with Gasteiger partial charge in [0.25, 0.3) is 0 Å². The third-order valence-electron chi connectivity index (χ3n) is 3.82. The van der Waals surface area contributed by atoms with E-state index in [4.69, 9.17) is 22.4 Å². The minimum absolute atomic E-state index is 0.0444. The topological polar surface area (TPSA) is 92.4 Å². The van der Waals surface area contributed by atoms with Crippen LogP contribution in [0, 0.1) is 5.92 Å². The van der Waals surface area contributed by atoms with Crippen LogP contribution in [-0.4, -0.2) is 23.0 Å². The molecule has 1 aromatic rings. The van der Waals surface area contributed by atoms with Gasteiger partial charge in [0.05, 0.1) is 11.5 Å². The highest BCUT2D eigenvalue weighted by molar-refractivity contribution is 6.31. The second-order valence-electron chi connectivity index (χ2n) is 5.43. The molecule has 1 saturated carbocycles. The summed E-state index contributed by atoms with van der Waals surface area (Å²) in [5.74, 6) is -1.48. The van der Waals surface area contributed by atoms with Crippen LogP contribution in [0.3, 0.4) is 0 Å². The monoisotopic (exact) mass is 310 g/mol. The van der Waals surface area contributed by atoms with Crippen molar-refractivity contribution in [2.24, 2.45) is 11.7 Å². The maximum Gasteiger partial charge on any atom is 0.335 e. The molecule has 4 N–H and O–H groups in total. The lowest BCUT2D eigenvalue weighted by atomic mass is 9.94. The normalized spacial score (nSPS) is 22.4. The number of rotatable bonds is 3. The second kappa shape index (κ2) is 6.91. The number of hydrogen-bond donors (Lipinski definition) is 3. The van der Waals surface area contributed by atoms with Gasteiger partial charge >= 0.3 is 5.97 Å². The predicted molar refractivity (Wildman–Crippen MR) is 81.6 cm³/mol. The number of benzene rings is 1. The first-order chi connectivity index (χ1) is 9.97. The number of carboxylic acids is 1. The Morgan fingerprint density at radius 2 is 1.90 bits per heavy atom. The van der Waals surface area contributed by atoms with Crippen LogP contribution >= 0.6 is 11.6 Å². The minimum Gasteiger partial charge on any atom is -0.478 e. The average Bonchev–Trinajstić information content (AvgIpc) is 2.62. The molecule has 2 atom stereocenters. The molecule has 0 spiro atoms. The van der Waals surface area contributed by atoms with Gasteiger partial charge in [-0.25, -0.2) is 4.79 Å². The van der Waals surface area contributed by atoms with Gasteiger partial charge < -0.3 is 16.2 Å². The highest BCUT2D eigenvalue weighted by atomic mass is 35.5. The number of anilines is 1. The highest BCUT2D eigenvalue weighted by Gasteiger charge is 2.27. The van der Waals surface area contributed by atoms with Gasteiger partial charge in [-0.2, -0.15) is 0 Å². The largest absolute Gasteiger partial charge is 0.478 e. The Kier molecular flexibility index (Phi) is 5.20. The second-order valence-corrected chi connectivity index (χ2v) is 5.87. The molecule has 0 heterocycles. The lowest BCUT2D eigenvalue weighted by molar-refractivity contribution is -0.120. The number of nitrogens with two attached hydrogens (primary N) is 1. The molecule has 2 rings (SSSR count). The first-order valence-corrected chi connectivity index (χ1v) is 7.45. The Morgan fingerprint density at radius 1 is 1.19 bits per heavy atom. The van der Waals surface area contributed by atoms with E-state index < -0.39 is 5.97 Å². The SMILES string of the molecule is NC1CCCCCC1C(=O)Nc1cc(Cl)cc(C(=O)O)c1. The Labute approximate surface area is 128 Å². The van der Waals surface area contributed by atoms with Gasteiger partial charge in [-0.15, -0.1) is 0 Å². The molecule has 1 aliphatic carbocycles. The molecular weight excluding hydrogens is 292 g/mol. The van der Waals surface area contributed by atoms with Crippen LogP contribution in [-0.2, 0) is 4.79 Å². The molecule has 0 radical (unpaired) electrons. The Hall–Kier alpha value is -1.59. The molecule has 1 fully saturated rings. The van der Waals surface area contributed by atoms with Crippen molar-refractivity contribution in [1.82, 2.24) is 0 Å². The van der Waals surface area contributed by atoms with Gasteiger partial charge in [-0.05, 0) is 31.0 Å². The van der Waals surface area contributed by atoms with Crippen LogP contribution in [0.2, 0.25) is 5.02 Å². The third kappa shape index (κ3) is 4.19. The van der Waals surface area contributed by atoms with Crippen molar-refractivity contribution in [1.29, 1.82) is 0 Å². The molecule has 0 saturated heterocycles. The number of carbonyl (C=O) groups is 2. The molecule has 6 heteroatoms. The maximum atomic E-state index is 12.3. The molecular formula is C15H19ClN2O3. The van der Waals surface area contributed by atoms with Gasteiger partial charge in [-0.1, -0.05) is 30.9 Å². The summed E-state index contributed by atoms with van der Waals surface area (Å²) in [7, 11) is 0. The summed E-state index contributed by atoms with van der Waals surface area (Å²) in [5, 5.41) is 12.0. The lowest BCUT2D eigenvalue weighted by Crippen LogP contribution is -2.37. The number of amides is 1. The van der Waals surface area contributed by atoms with Gasteiger partial charge in [0.1, 0.15) is 0 Å². The molecule has 0 aliphatic heterocycles. The standard InChI is InChI=1S/C15H19ClN2O3/c16-10-6-9(15(20)21)7-11(8-10)18-14(19)12-4-2-1-3-5-13(12)17/h6-8,12-13H,1-5,17H2,(H,18,19)(H,20,21). The van der Waals surface area contributed by atoms with E-state index in [0.717, 1.165) is 32.1 Å². The summed E-state index contributed by atoms with van der Waals surface area (Å²) in [4.78, 5) is 23.3. The maximum absolute atomic E-state index is 12.3. The molecule has 1 amide bonds. The zero-order chi connectivity index (χ0) is 15.4. The zero-order valence-corrected chi connectivity index (χ0v) is 12.4. The van der Waals surface area contributed by atoms with Crippen LogP contribution in [0.1, 0.15) is 42.5 Å². The van der Waals surface area contributed by atoms with Gasteiger partial charge in [0.2, 0.25) is 5.91 Å². The summed E-state index contributed by atoms with van der Waals surface area (Å²) in [5.41, 5.74) is 6.50. The van der Waals surface area contributed by atoms with Crippen molar-refractivity contribution in [3.05, 3.63) is 28.8 Å². The van der Waals surface area contributed by atoms with Crippen molar-refractivity contribution < 1.29 is 14.7 Å². The van der Waals surface area contributed by atoms with Crippen LogP contribution < -0.4 is 11.1 Å². The number of carbonyl (C=O) groups excluding carboxylic acids is 1. The Morgan fingerprint density at radius 3 is 2.62 bits per heavy atom. The van der Waals surface area contributed by atoms with E-state index in [1.807, 2.05) is 0 Å². The predicted octanol–water partition coefficient (Wildman–Crippen LogP) is 2.88. The molecule has 0 aromatic heterocycles. The summed E-state index contributed by atoms with van der Waals surface area (Å²) in [6.07, 6.45) is 4.73. The van der Waals surface area contributed by atoms with Crippen LogP contribution in [0.15, 0.2) is 18.2 Å². The van der Waals surface area contributed by atoms with E-state index in [1.165, 1.54) is 18.2 Å². The van der Waals surface area contributed by atoms with Gasteiger partial charge in [0.15, 0.2) is 0 Å². The van der Waals surface area contributed by atoms with E-state index in [0.29, 0.717) is 5.69 Å². The first-order valence-electron chi connectivity index (χ1n) is 7.07. The van der Waals surface area contributed by atoms with E-state index in [9.17, 15) is 9.59 Å². The average molecular weight is 311 g/mol. The van der Waals surface area contributed by atoms with Gasteiger partial charge in [-0.3, -0.25) is 4.79 Å². The lowest BCUT2D eigenvalue weighted by Gasteiger charge is -2.20. The molecule has 0 bridgehead atoms. The molecule has 1 aliphatic rings. The number of nitrogens with one attached hydrogen (secondary N) is 1. The van der Waals surface area contributed by atoms with Crippen molar-refractivity contribution in [3.63, 3.8) is 0 Å².